The Labute approximate surface area is 99.6 Å². The molecule has 1 fully saturated rings. The zero-order valence-corrected chi connectivity index (χ0v) is 11.4. The summed E-state index contributed by atoms with van der Waals surface area (Å²) in [5.74, 6) is 0.194. The minimum absolute atomic E-state index is 0.00877. The van der Waals surface area contributed by atoms with Crippen molar-refractivity contribution in [2.45, 2.75) is 52.5 Å². The van der Waals surface area contributed by atoms with Crippen molar-refractivity contribution in [2.75, 3.05) is 20.1 Å². The Morgan fingerprint density at radius 1 is 1.31 bits per heavy atom. The second-order valence-corrected chi connectivity index (χ2v) is 6.65. The molecule has 0 aromatic carbocycles. The SMILES string of the molecule is CN1CCC(C)(NC(=O)CC(C)(C)C)CC1. The van der Waals surface area contributed by atoms with Crippen molar-refractivity contribution >= 4 is 5.91 Å². The number of carbonyl (C=O) groups excluding carboxylic acids is 1. The molecule has 1 heterocycles. The monoisotopic (exact) mass is 226 g/mol. The summed E-state index contributed by atoms with van der Waals surface area (Å²) in [7, 11) is 2.14. The van der Waals surface area contributed by atoms with Crippen LogP contribution in [0.1, 0.15) is 47.0 Å². The molecule has 0 saturated carbocycles. The number of nitrogens with one attached hydrogen (secondary N) is 1. The van der Waals surface area contributed by atoms with Gasteiger partial charge in [0, 0.05) is 25.0 Å². The number of hydrogen-bond acceptors (Lipinski definition) is 2. The van der Waals surface area contributed by atoms with Gasteiger partial charge in [0.25, 0.3) is 0 Å². The summed E-state index contributed by atoms with van der Waals surface area (Å²) >= 11 is 0. The van der Waals surface area contributed by atoms with Crippen LogP contribution in [0.25, 0.3) is 0 Å². The molecule has 1 amide bonds. The Morgan fingerprint density at radius 2 is 1.81 bits per heavy atom. The fourth-order valence-corrected chi connectivity index (χ4v) is 2.10. The van der Waals surface area contributed by atoms with E-state index in [2.05, 4.69) is 45.0 Å². The summed E-state index contributed by atoms with van der Waals surface area (Å²) in [6.07, 6.45) is 2.72. The van der Waals surface area contributed by atoms with Gasteiger partial charge in [-0.05, 0) is 32.2 Å². The third kappa shape index (κ3) is 4.52. The molecule has 0 spiro atoms. The van der Waals surface area contributed by atoms with E-state index in [4.69, 9.17) is 0 Å². The molecule has 0 aliphatic carbocycles. The van der Waals surface area contributed by atoms with Crippen LogP contribution in [-0.2, 0) is 4.79 Å². The van der Waals surface area contributed by atoms with Gasteiger partial charge in [-0.2, -0.15) is 0 Å². The molecule has 0 bridgehead atoms. The van der Waals surface area contributed by atoms with Crippen molar-refractivity contribution in [3.8, 4) is 0 Å². The molecule has 1 aliphatic heterocycles. The van der Waals surface area contributed by atoms with E-state index in [9.17, 15) is 4.79 Å². The average Bonchev–Trinajstić information content (AvgIpc) is 2.07. The summed E-state index contributed by atoms with van der Waals surface area (Å²) in [6, 6.07) is 0. The summed E-state index contributed by atoms with van der Waals surface area (Å²) < 4.78 is 0. The Kier molecular flexibility index (Phi) is 4.00. The third-order valence-electron chi connectivity index (χ3n) is 3.22. The molecular weight excluding hydrogens is 200 g/mol. The predicted octanol–water partition coefficient (Wildman–Crippen LogP) is 2.02. The van der Waals surface area contributed by atoms with Gasteiger partial charge in [0.1, 0.15) is 0 Å². The maximum atomic E-state index is 11.9. The summed E-state index contributed by atoms with van der Waals surface area (Å²) in [4.78, 5) is 14.2. The van der Waals surface area contributed by atoms with Crippen LogP contribution in [0, 0.1) is 5.41 Å². The molecule has 1 N–H and O–H groups in total. The normalized spacial score (nSPS) is 21.8. The number of carbonyl (C=O) groups is 1. The standard InChI is InChI=1S/C13H26N2O/c1-12(2,3)10-11(16)14-13(4)6-8-15(5)9-7-13/h6-10H2,1-5H3,(H,14,16). The zero-order chi connectivity index (χ0) is 12.4. The number of piperidine rings is 1. The van der Waals surface area contributed by atoms with Gasteiger partial charge in [0.2, 0.25) is 5.91 Å². The first kappa shape index (κ1) is 13.5. The van der Waals surface area contributed by atoms with Crippen LogP contribution in [-0.4, -0.2) is 36.5 Å². The number of likely N-dealkylation sites (tertiary alicyclic amines) is 1. The lowest BCUT2D eigenvalue weighted by Crippen LogP contribution is -2.53. The van der Waals surface area contributed by atoms with Gasteiger partial charge in [0.15, 0.2) is 0 Å². The van der Waals surface area contributed by atoms with Crippen molar-refractivity contribution in [1.82, 2.24) is 10.2 Å². The van der Waals surface area contributed by atoms with Gasteiger partial charge < -0.3 is 10.2 Å². The van der Waals surface area contributed by atoms with Crippen LogP contribution < -0.4 is 5.32 Å². The zero-order valence-electron chi connectivity index (χ0n) is 11.4. The van der Waals surface area contributed by atoms with Gasteiger partial charge in [0.05, 0.1) is 0 Å². The average molecular weight is 226 g/mol. The fraction of sp³-hybridized carbons (Fsp3) is 0.923. The molecule has 0 aromatic rings. The van der Waals surface area contributed by atoms with Crippen LogP contribution in [0.3, 0.4) is 0 Å². The highest BCUT2D eigenvalue weighted by Crippen LogP contribution is 2.23. The van der Waals surface area contributed by atoms with Crippen molar-refractivity contribution < 1.29 is 4.79 Å². The number of rotatable bonds is 2. The van der Waals surface area contributed by atoms with E-state index in [0.29, 0.717) is 6.42 Å². The molecular formula is C13H26N2O. The molecule has 1 saturated heterocycles. The first-order valence-electron chi connectivity index (χ1n) is 6.20. The number of hydrogen-bond donors (Lipinski definition) is 1. The van der Waals surface area contributed by atoms with E-state index in [1.165, 1.54) is 0 Å². The Balaban J connectivity index is 2.44. The van der Waals surface area contributed by atoms with Crippen molar-refractivity contribution in [3.63, 3.8) is 0 Å². The Hall–Kier alpha value is -0.570. The first-order valence-corrected chi connectivity index (χ1v) is 6.20. The summed E-state index contributed by atoms with van der Waals surface area (Å²) in [5, 5.41) is 3.21. The molecule has 0 atom stereocenters. The molecule has 3 nitrogen and oxygen atoms in total. The predicted molar refractivity (Wildman–Crippen MR) is 67.4 cm³/mol. The van der Waals surface area contributed by atoms with E-state index < -0.39 is 0 Å². The fourth-order valence-electron chi connectivity index (χ4n) is 2.10. The molecule has 0 radical (unpaired) electrons. The molecule has 0 unspecified atom stereocenters. The van der Waals surface area contributed by atoms with Crippen LogP contribution in [0.4, 0.5) is 0 Å². The molecule has 16 heavy (non-hydrogen) atoms. The summed E-state index contributed by atoms with van der Waals surface area (Å²) in [5.41, 5.74) is 0.0841. The largest absolute Gasteiger partial charge is 0.351 e. The van der Waals surface area contributed by atoms with Crippen LogP contribution in [0.2, 0.25) is 0 Å². The maximum absolute atomic E-state index is 11.9. The second-order valence-electron chi connectivity index (χ2n) is 6.65. The van der Waals surface area contributed by atoms with Crippen molar-refractivity contribution in [3.05, 3.63) is 0 Å². The highest BCUT2D eigenvalue weighted by atomic mass is 16.1. The first-order chi connectivity index (χ1) is 7.20. The van der Waals surface area contributed by atoms with Crippen LogP contribution in [0.5, 0.6) is 0 Å². The topological polar surface area (TPSA) is 32.3 Å². The third-order valence-corrected chi connectivity index (χ3v) is 3.22. The second kappa shape index (κ2) is 4.74. The Bertz CT molecular complexity index is 247. The van der Waals surface area contributed by atoms with Gasteiger partial charge >= 0.3 is 0 Å². The van der Waals surface area contributed by atoms with Crippen molar-refractivity contribution in [1.29, 1.82) is 0 Å². The lowest BCUT2D eigenvalue weighted by atomic mass is 9.87. The minimum Gasteiger partial charge on any atom is -0.351 e. The van der Waals surface area contributed by atoms with Crippen LogP contribution >= 0.6 is 0 Å². The molecule has 1 rings (SSSR count). The smallest absolute Gasteiger partial charge is 0.220 e. The van der Waals surface area contributed by atoms with Gasteiger partial charge in [-0.25, -0.2) is 0 Å². The maximum Gasteiger partial charge on any atom is 0.220 e. The van der Waals surface area contributed by atoms with Crippen LogP contribution in [0.15, 0.2) is 0 Å². The summed E-state index contributed by atoms with van der Waals surface area (Å²) in [6.45, 7) is 10.6. The van der Waals surface area contributed by atoms with Gasteiger partial charge in [-0.15, -0.1) is 0 Å². The lowest BCUT2D eigenvalue weighted by molar-refractivity contribution is -0.125. The molecule has 3 heteroatoms. The quantitative estimate of drug-likeness (QED) is 0.781. The van der Waals surface area contributed by atoms with Crippen molar-refractivity contribution in [2.24, 2.45) is 5.41 Å². The Morgan fingerprint density at radius 3 is 2.25 bits per heavy atom. The highest BCUT2D eigenvalue weighted by Gasteiger charge is 2.31. The molecule has 0 aromatic heterocycles. The van der Waals surface area contributed by atoms with Gasteiger partial charge in [-0.3, -0.25) is 4.79 Å². The number of nitrogens with zero attached hydrogens (tertiary/aromatic N) is 1. The van der Waals surface area contributed by atoms with Gasteiger partial charge in [-0.1, -0.05) is 20.8 Å². The van der Waals surface area contributed by atoms with E-state index in [1.54, 1.807) is 0 Å². The molecule has 1 aliphatic rings. The van der Waals surface area contributed by atoms with E-state index in [1.807, 2.05) is 0 Å². The van der Waals surface area contributed by atoms with E-state index in [-0.39, 0.29) is 16.9 Å². The lowest BCUT2D eigenvalue weighted by Gasteiger charge is -2.39. The van der Waals surface area contributed by atoms with E-state index >= 15 is 0 Å². The minimum atomic E-state index is 0.00877. The number of amides is 1. The van der Waals surface area contributed by atoms with E-state index in [0.717, 1.165) is 25.9 Å². The molecule has 94 valence electrons. The highest BCUT2D eigenvalue weighted by molar-refractivity contribution is 5.77.